The molecule has 8 heteroatoms. The normalized spacial score (nSPS) is 17.6. The molecule has 294 valence electrons. The van der Waals surface area contributed by atoms with Gasteiger partial charge in [-0.3, -0.25) is 9.05 Å². The molecule has 1 heterocycles. The summed E-state index contributed by atoms with van der Waals surface area (Å²) >= 11 is 0. The minimum absolute atomic E-state index is 0.0113. The summed E-state index contributed by atoms with van der Waals surface area (Å²) in [5, 5.41) is 0. The third-order valence-corrected chi connectivity index (χ3v) is 11.2. The first-order valence-corrected chi connectivity index (χ1v) is 22.8. The number of phosphoric acid groups is 1. The van der Waals surface area contributed by atoms with Gasteiger partial charge in [0, 0.05) is 12.8 Å². The van der Waals surface area contributed by atoms with Crippen LogP contribution < -0.4 is 0 Å². The van der Waals surface area contributed by atoms with Gasteiger partial charge in [0.05, 0.1) is 34.4 Å². The van der Waals surface area contributed by atoms with Crippen LogP contribution in [0.3, 0.4) is 0 Å². The van der Waals surface area contributed by atoms with Gasteiger partial charge < -0.3 is 18.9 Å². The SMILES string of the molecule is CCCCCCCCCCCCCCCCC1(CCCCCCCCCCCCCCCC)OCC(COP(=O)(O)OCC[N+](C)(C)C)O1. The second-order valence-corrected chi connectivity index (χ2v) is 17.7. The van der Waals surface area contributed by atoms with E-state index in [-0.39, 0.29) is 19.3 Å². The molecule has 1 fully saturated rings. The van der Waals surface area contributed by atoms with Crippen molar-refractivity contribution in [1.29, 1.82) is 0 Å². The fourth-order valence-corrected chi connectivity index (χ4v) is 7.65. The second kappa shape index (κ2) is 30.5. The lowest BCUT2D eigenvalue weighted by molar-refractivity contribution is -0.870. The summed E-state index contributed by atoms with van der Waals surface area (Å²) in [4.78, 5) is 10.2. The molecule has 2 unspecified atom stereocenters. The lowest BCUT2D eigenvalue weighted by Crippen LogP contribution is -2.37. The van der Waals surface area contributed by atoms with Gasteiger partial charge in [-0.15, -0.1) is 0 Å². The fourth-order valence-electron chi connectivity index (χ4n) is 6.91. The maximum Gasteiger partial charge on any atom is 0.472 e. The molecule has 0 aromatic heterocycles. The van der Waals surface area contributed by atoms with Crippen LogP contribution in [0.5, 0.6) is 0 Å². The van der Waals surface area contributed by atoms with E-state index in [0.717, 1.165) is 25.7 Å². The molecular formula is C41H85NO6P+. The van der Waals surface area contributed by atoms with Gasteiger partial charge in [0.15, 0.2) is 5.79 Å². The zero-order chi connectivity index (χ0) is 35.9. The Morgan fingerprint density at radius 2 is 0.939 bits per heavy atom. The van der Waals surface area contributed by atoms with Crippen LogP contribution in [0.1, 0.15) is 206 Å². The van der Waals surface area contributed by atoms with Crippen LogP contribution in [0.2, 0.25) is 0 Å². The summed E-state index contributed by atoms with van der Waals surface area (Å²) in [6.45, 7) is 5.77. The lowest BCUT2D eigenvalue weighted by atomic mass is 9.98. The van der Waals surface area contributed by atoms with Gasteiger partial charge in [0.1, 0.15) is 19.3 Å². The number of hydrogen-bond donors (Lipinski definition) is 1. The van der Waals surface area contributed by atoms with E-state index >= 15 is 0 Å². The number of likely N-dealkylation sites (N-methyl/N-ethyl adjacent to an activating group) is 1. The molecule has 2 atom stereocenters. The molecule has 1 saturated heterocycles. The smallest absolute Gasteiger partial charge is 0.347 e. The highest BCUT2D eigenvalue weighted by molar-refractivity contribution is 7.47. The Balaban J connectivity index is 2.33. The number of hydrogen-bond acceptors (Lipinski definition) is 5. The first-order valence-electron chi connectivity index (χ1n) is 21.4. The largest absolute Gasteiger partial charge is 0.472 e. The number of unbranched alkanes of at least 4 members (excludes halogenated alkanes) is 26. The molecule has 1 aliphatic heterocycles. The third-order valence-electron chi connectivity index (χ3n) is 10.2. The van der Waals surface area contributed by atoms with E-state index in [1.54, 1.807) is 0 Å². The molecular weight excluding hydrogens is 633 g/mol. The zero-order valence-electron chi connectivity index (χ0n) is 33.5. The molecule has 0 amide bonds. The molecule has 1 rings (SSSR count). The number of phosphoric ester groups is 1. The van der Waals surface area contributed by atoms with E-state index in [1.807, 2.05) is 21.1 Å². The van der Waals surface area contributed by atoms with Crippen molar-refractivity contribution < 1.29 is 32.5 Å². The number of nitrogens with zero attached hydrogens (tertiary/aromatic N) is 1. The van der Waals surface area contributed by atoms with Crippen molar-refractivity contribution in [1.82, 2.24) is 0 Å². The Morgan fingerprint density at radius 3 is 1.29 bits per heavy atom. The van der Waals surface area contributed by atoms with Crippen LogP contribution in [0.15, 0.2) is 0 Å². The predicted octanol–water partition coefficient (Wildman–Crippen LogP) is 12.7. The zero-order valence-corrected chi connectivity index (χ0v) is 34.4. The van der Waals surface area contributed by atoms with Crippen molar-refractivity contribution >= 4 is 7.82 Å². The molecule has 0 spiro atoms. The third kappa shape index (κ3) is 29.2. The van der Waals surface area contributed by atoms with E-state index in [0.29, 0.717) is 17.6 Å². The number of ether oxygens (including phenoxy) is 2. The number of rotatable bonds is 37. The Bertz CT molecular complexity index is 744. The summed E-state index contributed by atoms with van der Waals surface area (Å²) < 4.78 is 36.5. The molecule has 0 aliphatic carbocycles. The van der Waals surface area contributed by atoms with Gasteiger partial charge in [0.2, 0.25) is 0 Å². The van der Waals surface area contributed by atoms with Crippen LogP contribution in [-0.2, 0) is 23.1 Å². The standard InChI is InChI=1S/C41H84NO6P/c1-6-8-10-12-14-16-18-20-22-24-26-28-30-32-34-41(35-33-31-29-27-25-23-21-19-17-15-13-11-9-7-2)45-38-40(48-41)39-47-49(43,44)46-37-36-42(3,4)5/h40H,6-39H2,1-5H3/p+1. The van der Waals surface area contributed by atoms with Gasteiger partial charge in [-0.05, 0) is 12.8 Å². The van der Waals surface area contributed by atoms with Gasteiger partial charge >= 0.3 is 7.82 Å². The minimum atomic E-state index is -4.12. The van der Waals surface area contributed by atoms with Crippen molar-refractivity contribution in [2.45, 2.75) is 218 Å². The summed E-state index contributed by atoms with van der Waals surface area (Å²) in [7, 11) is 1.94. The van der Waals surface area contributed by atoms with Crippen molar-refractivity contribution in [3.63, 3.8) is 0 Å². The topological polar surface area (TPSA) is 74.2 Å². The molecule has 1 N–H and O–H groups in total. The number of quaternary nitrogens is 1. The first kappa shape index (κ1) is 47.0. The summed E-state index contributed by atoms with van der Waals surface area (Å²) in [5.74, 6) is -0.591. The van der Waals surface area contributed by atoms with Crippen molar-refractivity contribution in [2.24, 2.45) is 0 Å². The van der Waals surface area contributed by atoms with Gasteiger partial charge in [-0.1, -0.05) is 181 Å². The molecule has 0 saturated carbocycles. The Labute approximate surface area is 305 Å². The Hall–Kier alpha value is -0.0100. The van der Waals surface area contributed by atoms with Crippen LogP contribution in [0.25, 0.3) is 0 Å². The molecule has 0 radical (unpaired) electrons. The predicted molar refractivity (Wildman–Crippen MR) is 208 cm³/mol. The summed E-state index contributed by atoms with van der Waals surface area (Å²) in [6, 6.07) is 0. The maximum atomic E-state index is 12.5. The monoisotopic (exact) mass is 719 g/mol. The first-order chi connectivity index (χ1) is 23.6. The van der Waals surface area contributed by atoms with Crippen LogP contribution in [-0.4, -0.2) is 68.8 Å². The Morgan fingerprint density at radius 1 is 0.592 bits per heavy atom. The molecule has 0 aromatic rings. The van der Waals surface area contributed by atoms with Crippen molar-refractivity contribution in [3.05, 3.63) is 0 Å². The fraction of sp³-hybridized carbons (Fsp3) is 1.00. The van der Waals surface area contributed by atoms with Gasteiger partial charge in [-0.2, -0.15) is 0 Å². The highest BCUT2D eigenvalue weighted by Crippen LogP contribution is 2.44. The van der Waals surface area contributed by atoms with Crippen molar-refractivity contribution in [2.75, 3.05) is 47.5 Å². The van der Waals surface area contributed by atoms with Gasteiger partial charge in [0.25, 0.3) is 0 Å². The quantitative estimate of drug-likeness (QED) is 0.0392. The molecule has 1 aliphatic rings. The molecule has 0 aromatic carbocycles. The average Bonchev–Trinajstić information content (AvgIpc) is 3.46. The highest BCUT2D eigenvalue weighted by atomic mass is 31.2. The van der Waals surface area contributed by atoms with Crippen LogP contribution in [0, 0.1) is 0 Å². The maximum absolute atomic E-state index is 12.5. The van der Waals surface area contributed by atoms with Gasteiger partial charge in [-0.25, -0.2) is 4.57 Å². The second-order valence-electron chi connectivity index (χ2n) is 16.3. The van der Waals surface area contributed by atoms with Crippen molar-refractivity contribution in [3.8, 4) is 0 Å². The van der Waals surface area contributed by atoms with Crippen LogP contribution >= 0.6 is 7.82 Å². The van der Waals surface area contributed by atoms with E-state index < -0.39 is 13.6 Å². The lowest BCUT2D eigenvalue weighted by Gasteiger charge is -2.28. The van der Waals surface area contributed by atoms with E-state index in [2.05, 4.69) is 13.8 Å². The molecule has 0 bridgehead atoms. The highest BCUT2D eigenvalue weighted by Gasteiger charge is 2.41. The Kier molecular flexibility index (Phi) is 29.2. The van der Waals surface area contributed by atoms with E-state index in [9.17, 15) is 9.46 Å². The summed E-state index contributed by atoms with van der Waals surface area (Å²) in [5.41, 5.74) is 0. The molecule has 7 nitrogen and oxygen atoms in total. The minimum Gasteiger partial charge on any atom is -0.347 e. The van der Waals surface area contributed by atoms with Crippen LogP contribution in [0.4, 0.5) is 0 Å². The molecule has 49 heavy (non-hydrogen) atoms. The average molecular weight is 719 g/mol. The van der Waals surface area contributed by atoms with E-state index in [4.69, 9.17) is 18.5 Å². The summed E-state index contributed by atoms with van der Waals surface area (Å²) in [6.07, 6.45) is 39.1. The van der Waals surface area contributed by atoms with E-state index in [1.165, 1.54) is 167 Å².